The van der Waals surface area contributed by atoms with Gasteiger partial charge in [0.05, 0.1) is 35.5 Å². The second-order valence-corrected chi connectivity index (χ2v) is 6.06. The molecule has 0 fully saturated rings. The van der Waals surface area contributed by atoms with Gasteiger partial charge in [0.15, 0.2) is 11.5 Å². The molecular formula is C18H16BrF3N2O3. The number of rotatable bonds is 6. The minimum absolute atomic E-state index is 0.411. The highest BCUT2D eigenvalue weighted by atomic mass is 79.9. The van der Waals surface area contributed by atoms with Crippen molar-refractivity contribution in [3.8, 4) is 11.5 Å². The highest BCUT2D eigenvalue weighted by Crippen LogP contribution is 2.36. The van der Waals surface area contributed by atoms with E-state index in [0.29, 0.717) is 28.1 Å². The zero-order valence-electron chi connectivity index (χ0n) is 14.4. The van der Waals surface area contributed by atoms with Crippen LogP contribution in [-0.4, -0.2) is 25.8 Å². The Balaban J connectivity index is 2.20. The Morgan fingerprint density at radius 1 is 1.30 bits per heavy atom. The molecule has 2 aromatic carbocycles. The van der Waals surface area contributed by atoms with Gasteiger partial charge in [-0.25, -0.2) is 5.43 Å². The van der Waals surface area contributed by atoms with E-state index in [-0.39, 0.29) is 0 Å². The largest absolute Gasteiger partial charge is 0.492 e. The normalized spacial score (nSPS) is 11.5. The molecule has 2 rings (SSSR count). The van der Waals surface area contributed by atoms with E-state index in [9.17, 15) is 18.0 Å². The quantitative estimate of drug-likeness (QED) is 0.521. The summed E-state index contributed by atoms with van der Waals surface area (Å²) in [6.45, 7) is 2.22. The predicted molar refractivity (Wildman–Crippen MR) is 98.4 cm³/mol. The van der Waals surface area contributed by atoms with Crippen LogP contribution in [0.4, 0.5) is 13.2 Å². The maximum Gasteiger partial charge on any atom is 0.417 e. The molecule has 0 saturated carbocycles. The highest BCUT2D eigenvalue weighted by molar-refractivity contribution is 9.10. The number of hydrazone groups is 1. The maximum absolute atomic E-state index is 13.0. The van der Waals surface area contributed by atoms with Crippen molar-refractivity contribution < 1.29 is 27.4 Å². The number of halogens is 4. The summed E-state index contributed by atoms with van der Waals surface area (Å²) < 4.78 is 50.2. The number of carbonyl (C=O) groups is 1. The first-order chi connectivity index (χ1) is 12.8. The van der Waals surface area contributed by atoms with Crippen LogP contribution in [0.3, 0.4) is 0 Å². The first kappa shape index (κ1) is 20.8. The maximum atomic E-state index is 13.0. The van der Waals surface area contributed by atoms with Gasteiger partial charge in [0.2, 0.25) is 0 Å². The number of methoxy groups -OCH3 is 1. The fraction of sp³-hybridized carbons (Fsp3) is 0.222. The average Bonchev–Trinajstić information content (AvgIpc) is 2.61. The van der Waals surface area contributed by atoms with E-state index in [2.05, 4.69) is 26.5 Å². The number of hydrogen-bond acceptors (Lipinski definition) is 4. The lowest BCUT2D eigenvalue weighted by Crippen LogP contribution is -2.22. The SMILES string of the molecule is CCOc1cc(/C=N/NC(=O)c2ccccc2C(F)(F)F)cc(Br)c1OC. The third kappa shape index (κ3) is 5.22. The van der Waals surface area contributed by atoms with Gasteiger partial charge in [0.25, 0.3) is 5.91 Å². The zero-order valence-corrected chi connectivity index (χ0v) is 16.0. The van der Waals surface area contributed by atoms with Crippen molar-refractivity contribution in [2.45, 2.75) is 13.1 Å². The van der Waals surface area contributed by atoms with Gasteiger partial charge in [-0.3, -0.25) is 4.79 Å². The number of hydrogen-bond donors (Lipinski definition) is 1. The van der Waals surface area contributed by atoms with Crippen LogP contribution in [0.25, 0.3) is 0 Å². The molecule has 0 aromatic heterocycles. The molecule has 5 nitrogen and oxygen atoms in total. The number of amides is 1. The fourth-order valence-corrected chi connectivity index (χ4v) is 2.90. The molecule has 0 unspecified atom stereocenters. The highest BCUT2D eigenvalue weighted by Gasteiger charge is 2.34. The van der Waals surface area contributed by atoms with Crippen LogP contribution in [0.2, 0.25) is 0 Å². The molecule has 0 heterocycles. The average molecular weight is 445 g/mol. The van der Waals surface area contributed by atoms with Gasteiger partial charge >= 0.3 is 6.18 Å². The molecule has 0 aliphatic rings. The molecule has 0 saturated heterocycles. The van der Waals surface area contributed by atoms with Crippen LogP contribution in [0, 0.1) is 0 Å². The monoisotopic (exact) mass is 444 g/mol. The summed E-state index contributed by atoms with van der Waals surface area (Å²) in [5.74, 6) is -0.00140. The van der Waals surface area contributed by atoms with E-state index in [4.69, 9.17) is 9.47 Å². The van der Waals surface area contributed by atoms with E-state index in [1.54, 1.807) is 12.1 Å². The number of benzene rings is 2. The van der Waals surface area contributed by atoms with Gasteiger partial charge in [-0.2, -0.15) is 18.3 Å². The van der Waals surface area contributed by atoms with Crippen molar-refractivity contribution >= 4 is 28.1 Å². The van der Waals surface area contributed by atoms with Crippen molar-refractivity contribution in [3.05, 3.63) is 57.6 Å². The molecule has 0 spiro atoms. The molecular weight excluding hydrogens is 429 g/mol. The van der Waals surface area contributed by atoms with Crippen molar-refractivity contribution in [1.82, 2.24) is 5.43 Å². The standard InChI is InChI=1S/C18H16BrF3N2O3/c1-3-27-15-9-11(8-14(19)16(15)26-2)10-23-24-17(25)12-6-4-5-7-13(12)18(20,21)22/h4-10H,3H2,1-2H3,(H,24,25)/b23-10+. The number of carbonyl (C=O) groups excluding carboxylic acids is 1. The zero-order chi connectivity index (χ0) is 20.0. The smallest absolute Gasteiger partial charge is 0.417 e. The number of ether oxygens (including phenoxy) is 2. The van der Waals surface area contributed by atoms with Crippen LogP contribution in [0.1, 0.15) is 28.4 Å². The topological polar surface area (TPSA) is 59.9 Å². The summed E-state index contributed by atoms with van der Waals surface area (Å²) in [6, 6.07) is 7.79. The Morgan fingerprint density at radius 3 is 2.63 bits per heavy atom. The molecule has 9 heteroatoms. The van der Waals surface area contributed by atoms with Crippen LogP contribution in [0.5, 0.6) is 11.5 Å². The van der Waals surface area contributed by atoms with Crippen LogP contribution >= 0.6 is 15.9 Å². The Bertz CT molecular complexity index is 854. The molecule has 0 aliphatic heterocycles. The van der Waals surface area contributed by atoms with Crippen LogP contribution in [-0.2, 0) is 6.18 Å². The van der Waals surface area contributed by atoms with Crippen molar-refractivity contribution in [1.29, 1.82) is 0 Å². The third-order valence-electron chi connectivity index (χ3n) is 3.39. The summed E-state index contributed by atoms with van der Waals surface area (Å²) in [5, 5.41) is 3.73. The number of nitrogens with zero attached hydrogens (tertiary/aromatic N) is 1. The van der Waals surface area contributed by atoms with Crippen LogP contribution in [0.15, 0.2) is 46.0 Å². The fourth-order valence-electron chi connectivity index (χ4n) is 2.28. The Morgan fingerprint density at radius 2 is 2.00 bits per heavy atom. The Labute approximate surface area is 162 Å². The molecule has 144 valence electrons. The summed E-state index contributed by atoms with van der Waals surface area (Å²) in [6.07, 6.45) is -3.34. The van der Waals surface area contributed by atoms with Crippen LogP contribution < -0.4 is 14.9 Å². The molecule has 0 aliphatic carbocycles. The second kappa shape index (κ2) is 8.90. The Hall–Kier alpha value is -2.55. The molecule has 0 radical (unpaired) electrons. The first-order valence-corrected chi connectivity index (χ1v) is 8.57. The molecule has 1 amide bonds. The summed E-state index contributed by atoms with van der Waals surface area (Å²) >= 11 is 3.34. The van der Waals surface area contributed by atoms with E-state index in [1.807, 2.05) is 6.92 Å². The lowest BCUT2D eigenvalue weighted by Gasteiger charge is -2.12. The minimum Gasteiger partial charge on any atom is -0.492 e. The second-order valence-electron chi connectivity index (χ2n) is 5.21. The predicted octanol–water partition coefficient (Wildman–Crippen LogP) is 4.64. The van der Waals surface area contributed by atoms with E-state index in [0.717, 1.165) is 12.1 Å². The lowest BCUT2D eigenvalue weighted by molar-refractivity contribution is -0.137. The van der Waals surface area contributed by atoms with Crippen molar-refractivity contribution in [3.63, 3.8) is 0 Å². The number of nitrogens with one attached hydrogen (secondary N) is 1. The first-order valence-electron chi connectivity index (χ1n) is 7.77. The summed E-state index contributed by atoms with van der Waals surface area (Å²) in [4.78, 5) is 12.1. The summed E-state index contributed by atoms with van der Waals surface area (Å²) in [7, 11) is 1.49. The summed E-state index contributed by atoms with van der Waals surface area (Å²) in [5.41, 5.74) is 1.12. The van der Waals surface area contributed by atoms with E-state index < -0.39 is 23.2 Å². The third-order valence-corrected chi connectivity index (χ3v) is 3.98. The molecule has 0 bridgehead atoms. The lowest BCUT2D eigenvalue weighted by atomic mass is 10.1. The number of alkyl halides is 3. The van der Waals surface area contributed by atoms with Gasteiger partial charge < -0.3 is 9.47 Å². The van der Waals surface area contributed by atoms with Gasteiger partial charge in [0, 0.05) is 0 Å². The van der Waals surface area contributed by atoms with Crippen molar-refractivity contribution in [2.75, 3.05) is 13.7 Å². The van der Waals surface area contributed by atoms with E-state index >= 15 is 0 Å². The van der Waals surface area contributed by atoms with E-state index in [1.165, 1.54) is 25.5 Å². The minimum atomic E-state index is -4.63. The van der Waals surface area contributed by atoms with Gasteiger partial charge in [-0.15, -0.1) is 0 Å². The van der Waals surface area contributed by atoms with Gasteiger partial charge in [-0.05, 0) is 52.7 Å². The van der Waals surface area contributed by atoms with Gasteiger partial charge in [-0.1, -0.05) is 12.1 Å². The molecule has 27 heavy (non-hydrogen) atoms. The molecule has 2 aromatic rings. The van der Waals surface area contributed by atoms with Gasteiger partial charge in [0.1, 0.15) is 0 Å². The Kier molecular flexibility index (Phi) is 6.84. The van der Waals surface area contributed by atoms with Crippen molar-refractivity contribution in [2.24, 2.45) is 5.10 Å². The molecule has 0 atom stereocenters. The molecule has 1 N–H and O–H groups in total.